The lowest BCUT2D eigenvalue weighted by Gasteiger charge is -2.23. The van der Waals surface area contributed by atoms with Crippen LogP contribution < -0.4 is 22.1 Å². The van der Waals surface area contributed by atoms with Crippen LogP contribution in [0.15, 0.2) is 17.1 Å². The lowest BCUT2D eigenvalue weighted by atomic mass is 10.0. The van der Waals surface area contributed by atoms with E-state index in [4.69, 9.17) is 20.3 Å². The van der Waals surface area contributed by atoms with Crippen LogP contribution in [0.3, 0.4) is 0 Å². The second-order valence-electron chi connectivity index (χ2n) is 7.31. The number of aromatic nitrogens is 2. The summed E-state index contributed by atoms with van der Waals surface area (Å²) < 4.78 is 38.5. The van der Waals surface area contributed by atoms with Gasteiger partial charge in [0.25, 0.3) is 0 Å². The summed E-state index contributed by atoms with van der Waals surface area (Å²) in [7, 11) is 0. The molecule has 0 spiro atoms. The van der Waals surface area contributed by atoms with E-state index >= 15 is 0 Å². The van der Waals surface area contributed by atoms with E-state index < -0.39 is 55.0 Å². The van der Waals surface area contributed by atoms with Gasteiger partial charge in [0.1, 0.15) is 24.8 Å². The second-order valence-corrected chi connectivity index (χ2v) is 7.31. The monoisotopic (exact) mass is 451 g/mol. The van der Waals surface area contributed by atoms with Crippen LogP contribution in [0.4, 0.5) is 19.4 Å². The van der Waals surface area contributed by atoms with Crippen LogP contribution in [0, 0.1) is 5.92 Å². The van der Waals surface area contributed by atoms with Gasteiger partial charge in [-0.05, 0) is 12.0 Å². The molecule has 12 nitrogen and oxygen atoms in total. The van der Waals surface area contributed by atoms with Crippen LogP contribution in [0.2, 0.25) is 0 Å². The van der Waals surface area contributed by atoms with Crippen LogP contribution >= 0.6 is 0 Å². The van der Waals surface area contributed by atoms with Crippen molar-refractivity contribution in [3.8, 4) is 0 Å². The molecule has 1 aromatic heterocycles. The Morgan fingerprint density at radius 2 is 2.16 bits per heavy atom. The van der Waals surface area contributed by atoms with Gasteiger partial charge < -0.3 is 30.5 Å². The Hall–Kier alpha value is -2.23. The van der Waals surface area contributed by atoms with Gasteiger partial charge in [0.2, 0.25) is 6.23 Å². The normalized spacial score (nSPS) is 24.7. The Balaban J connectivity index is 1.90. The minimum absolute atomic E-state index is 0.0345. The molecule has 1 aliphatic heterocycles. The Kier molecular flexibility index (Phi) is 8.39. The molecule has 14 heteroatoms. The van der Waals surface area contributed by atoms with Gasteiger partial charge in [-0.1, -0.05) is 13.8 Å². The third-order valence-electron chi connectivity index (χ3n) is 4.70. The number of amides is 1. The largest absolute Gasteiger partial charge is 0.448 e. The first-order chi connectivity index (χ1) is 14.5. The molecule has 0 bridgehead atoms. The quantitative estimate of drug-likeness (QED) is 0.192. The summed E-state index contributed by atoms with van der Waals surface area (Å²) >= 11 is 0. The molecule has 176 valence electrons. The minimum Gasteiger partial charge on any atom is -0.448 e. The summed E-state index contributed by atoms with van der Waals surface area (Å²) in [5, 5.41) is 33.2. The molecular weight excluding hydrogens is 424 g/mol. The number of hydrogen-bond acceptors (Lipinski definition) is 10. The average molecular weight is 451 g/mol. The molecule has 2 unspecified atom stereocenters. The van der Waals surface area contributed by atoms with Crippen molar-refractivity contribution in [2.45, 2.75) is 50.5 Å². The molecule has 1 fully saturated rings. The standard InChI is InChI=1S/C17H27F2N5O7/c1-8(2)11(20)13(27)21-4-6-30-16(29)23-10-3-5-24(15(28)22-10)14-17(18,19)12(26)9(7-25)31-14/h3,5,8-9,11-14,21,25-27H,4,6-7,20H2,1-2H3,(H,22,23,28,29)/t9?,11-,12+,13?,14+/m0/s1. The van der Waals surface area contributed by atoms with Crippen LogP contribution in [0.5, 0.6) is 0 Å². The summed E-state index contributed by atoms with van der Waals surface area (Å²) in [4.78, 5) is 27.3. The highest BCUT2D eigenvalue weighted by molar-refractivity contribution is 5.83. The maximum absolute atomic E-state index is 14.1. The Morgan fingerprint density at radius 1 is 1.48 bits per heavy atom. The highest BCUT2D eigenvalue weighted by Gasteiger charge is 2.59. The first-order valence-electron chi connectivity index (χ1n) is 9.51. The third-order valence-corrected chi connectivity index (χ3v) is 4.70. The number of anilines is 1. The zero-order chi connectivity index (χ0) is 23.3. The molecule has 7 N–H and O–H groups in total. The molecule has 31 heavy (non-hydrogen) atoms. The van der Waals surface area contributed by atoms with Gasteiger partial charge in [-0.3, -0.25) is 15.2 Å². The number of halogens is 2. The SMILES string of the molecule is CC(C)[C@H](N)C(O)NCCOC(=O)Nc1ccn([C@@H]2OC(CO)[C@@H](O)C2(F)F)c(=O)n1. The lowest BCUT2D eigenvalue weighted by molar-refractivity contribution is -0.140. The zero-order valence-corrected chi connectivity index (χ0v) is 16.9. The second kappa shape index (κ2) is 10.4. The van der Waals surface area contributed by atoms with Crippen LogP contribution in [-0.2, 0) is 9.47 Å². The number of aliphatic hydroxyl groups is 3. The van der Waals surface area contributed by atoms with Crippen LogP contribution in [0.1, 0.15) is 20.1 Å². The minimum atomic E-state index is -3.84. The van der Waals surface area contributed by atoms with E-state index in [9.17, 15) is 28.6 Å². The first kappa shape index (κ1) is 25.0. The number of aliphatic hydroxyl groups excluding tert-OH is 3. The maximum Gasteiger partial charge on any atom is 0.412 e. The highest BCUT2D eigenvalue weighted by Crippen LogP contribution is 2.41. The van der Waals surface area contributed by atoms with E-state index in [1.807, 2.05) is 13.8 Å². The number of carbonyl (C=O) groups excluding carboxylic acids is 1. The van der Waals surface area contributed by atoms with Crippen molar-refractivity contribution >= 4 is 11.9 Å². The molecular formula is C17H27F2N5O7. The van der Waals surface area contributed by atoms with Crippen molar-refractivity contribution in [2.24, 2.45) is 11.7 Å². The van der Waals surface area contributed by atoms with Crippen molar-refractivity contribution < 1.29 is 38.4 Å². The summed E-state index contributed by atoms with van der Waals surface area (Å²) in [6.45, 7) is 2.79. The van der Waals surface area contributed by atoms with Gasteiger partial charge in [0.15, 0.2) is 6.10 Å². The van der Waals surface area contributed by atoms with Crippen molar-refractivity contribution in [3.63, 3.8) is 0 Å². The Labute approximate surface area is 176 Å². The van der Waals surface area contributed by atoms with E-state index in [1.165, 1.54) is 0 Å². The van der Waals surface area contributed by atoms with Crippen molar-refractivity contribution in [2.75, 3.05) is 25.1 Å². The number of nitrogens with zero attached hydrogens (tertiary/aromatic N) is 2. The predicted molar refractivity (Wildman–Crippen MR) is 102 cm³/mol. The number of nitrogens with two attached hydrogens (primary N) is 1. The molecule has 0 aliphatic carbocycles. The molecule has 1 aliphatic rings. The van der Waals surface area contributed by atoms with E-state index in [-0.39, 0.29) is 24.9 Å². The summed E-state index contributed by atoms with van der Waals surface area (Å²) in [6, 6.07) is 0.555. The Bertz CT molecular complexity index is 809. The van der Waals surface area contributed by atoms with Gasteiger partial charge in [-0.15, -0.1) is 0 Å². The van der Waals surface area contributed by atoms with Crippen molar-refractivity contribution in [1.82, 2.24) is 14.9 Å². The van der Waals surface area contributed by atoms with Crippen molar-refractivity contribution in [1.29, 1.82) is 0 Å². The summed E-state index contributed by atoms with van der Waals surface area (Å²) in [6.07, 6.45) is -7.09. The Morgan fingerprint density at radius 3 is 2.71 bits per heavy atom. The average Bonchev–Trinajstić information content (AvgIpc) is 2.93. The smallest absolute Gasteiger partial charge is 0.412 e. The van der Waals surface area contributed by atoms with Gasteiger partial charge in [0.05, 0.1) is 6.61 Å². The van der Waals surface area contributed by atoms with E-state index in [0.717, 1.165) is 12.3 Å². The fourth-order valence-corrected chi connectivity index (χ4v) is 2.77. The number of alkyl halides is 2. The fraction of sp³-hybridized carbons (Fsp3) is 0.706. The third kappa shape index (κ3) is 5.93. The molecule has 2 rings (SSSR count). The lowest BCUT2D eigenvalue weighted by Crippen LogP contribution is -2.48. The van der Waals surface area contributed by atoms with E-state index in [0.29, 0.717) is 4.57 Å². The molecule has 1 aromatic rings. The number of hydrogen-bond donors (Lipinski definition) is 6. The molecule has 1 saturated heterocycles. The fourth-order valence-electron chi connectivity index (χ4n) is 2.77. The van der Waals surface area contributed by atoms with Gasteiger partial charge in [-0.2, -0.15) is 13.8 Å². The first-order valence-corrected chi connectivity index (χ1v) is 9.51. The molecule has 5 atom stereocenters. The number of rotatable bonds is 9. The molecule has 1 amide bonds. The van der Waals surface area contributed by atoms with Crippen molar-refractivity contribution in [3.05, 3.63) is 22.7 Å². The van der Waals surface area contributed by atoms with E-state index in [2.05, 4.69) is 15.6 Å². The van der Waals surface area contributed by atoms with Gasteiger partial charge in [0, 0.05) is 18.8 Å². The molecule has 0 aromatic carbocycles. The van der Waals surface area contributed by atoms with Crippen LogP contribution in [0.25, 0.3) is 0 Å². The summed E-state index contributed by atoms with van der Waals surface area (Å²) in [5.41, 5.74) is 4.58. The molecule has 2 heterocycles. The summed E-state index contributed by atoms with van der Waals surface area (Å²) in [5.74, 6) is -4.07. The van der Waals surface area contributed by atoms with Gasteiger partial charge >= 0.3 is 17.7 Å². The molecule has 0 radical (unpaired) electrons. The van der Waals surface area contributed by atoms with E-state index in [1.54, 1.807) is 0 Å². The molecule has 0 saturated carbocycles. The maximum atomic E-state index is 14.1. The zero-order valence-electron chi connectivity index (χ0n) is 16.9. The number of carbonyl (C=O) groups is 1. The highest BCUT2D eigenvalue weighted by atomic mass is 19.3. The van der Waals surface area contributed by atoms with Gasteiger partial charge in [-0.25, -0.2) is 9.59 Å². The number of nitrogens with one attached hydrogen (secondary N) is 2. The number of ether oxygens (including phenoxy) is 2. The topological polar surface area (TPSA) is 181 Å². The van der Waals surface area contributed by atoms with Crippen LogP contribution in [-0.4, -0.2) is 81.1 Å². The predicted octanol–water partition coefficient (Wildman–Crippen LogP) is -1.43.